The first-order valence-corrected chi connectivity index (χ1v) is 3.93. The molecule has 2 N–H and O–H groups in total. The van der Waals surface area contributed by atoms with Crippen LogP contribution in [0.15, 0.2) is 24.3 Å². The molecule has 0 bridgehead atoms. The van der Waals surface area contributed by atoms with Gasteiger partial charge in [-0.2, -0.15) is 0 Å². The van der Waals surface area contributed by atoms with E-state index >= 15 is 0 Å². The van der Waals surface area contributed by atoms with Gasteiger partial charge in [-0.25, -0.2) is 5.43 Å². The van der Waals surface area contributed by atoms with Gasteiger partial charge in [-0.05, 0) is 11.1 Å². The number of nitrogens with one attached hydrogen (secondary N) is 2. The summed E-state index contributed by atoms with van der Waals surface area (Å²) in [7, 11) is 0. The van der Waals surface area contributed by atoms with Crippen LogP contribution in [0.3, 0.4) is 0 Å². The number of aldehydes is 1. The predicted molar refractivity (Wildman–Crippen MR) is 45.2 cm³/mol. The normalized spacial score (nSPS) is 21.5. The second-order valence-electron chi connectivity index (χ2n) is 2.81. The molecule has 0 saturated heterocycles. The highest BCUT2D eigenvalue weighted by molar-refractivity contribution is 5.63. The number of carbonyl (C=O) groups excluding carboxylic acids is 1. The summed E-state index contributed by atoms with van der Waals surface area (Å²) in [5.74, 6) is 0. The standard InChI is InChI=1S/C9H10N2O/c12-6-9-8-4-2-1-3-7(8)5-10-11-9/h1-4,6,9-11H,5H2. The van der Waals surface area contributed by atoms with Crippen LogP contribution in [0.4, 0.5) is 0 Å². The summed E-state index contributed by atoms with van der Waals surface area (Å²) in [4.78, 5) is 10.6. The Kier molecular flexibility index (Phi) is 1.89. The number of benzene rings is 1. The van der Waals surface area contributed by atoms with Crippen LogP contribution in [-0.2, 0) is 11.3 Å². The van der Waals surface area contributed by atoms with E-state index in [0.29, 0.717) is 0 Å². The lowest BCUT2D eigenvalue weighted by atomic mass is 10.0. The highest BCUT2D eigenvalue weighted by Gasteiger charge is 2.17. The molecule has 1 aromatic rings. The van der Waals surface area contributed by atoms with E-state index in [9.17, 15) is 4.79 Å². The first-order valence-electron chi connectivity index (χ1n) is 3.93. The average molecular weight is 162 g/mol. The van der Waals surface area contributed by atoms with E-state index in [1.165, 1.54) is 5.56 Å². The quantitative estimate of drug-likeness (QED) is 0.592. The van der Waals surface area contributed by atoms with E-state index in [4.69, 9.17) is 0 Å². The van der Waals surface area contributed by atoms with Crippen LogP contribution in [0, 0.1) is 0 Å². The lowest BCUT2D eigenvalue weighted by Gasteiger charge is -2.23. The highest BCUT2D eigenvalue weighted by Crippen LogP contribution is 2.18. The maximum atomic E-state index is 10.6. The Morgan fingerprint density at radius 3 is 3.08 bits per heavy atom. The SMILES string of the molecule is O=CC1NNCc2ccccc21. The zero-order valence-corrected chi connectivity index (χ0v) is 6.58. The minimum Gasteiger partial charge on any atom is -0.301 e. The molecule has 1 aliphatic rings. The summed E-state index contributed by atoms with van der Waals surface area (Å²) in [6.45, 7) is 0.778. The molecule has 0 spiro atoms. The lowest BCUT2D eigenvalue weighted by Crippen LogP contribution is -2.40. The van der Waals surface area contributed by atoms with Crippen molar-refractivity contribution in [3.8, 4) is 0 Å². The molecule has 1 atom stereocenters. The van der Waals surface area contributed by atoms with Gasteiger partial charge < -0.3 is 4.79 Å². The Bertz CT molecular complexity index is 298. The van der Waals surface area contributed by atoms with E-state index in [0.717, 1.165) is 18.4 Å². The van der Waals surface area contributed by atoms with E-state index in [-0.39, 0.29) is 6.04 Å². The molecule has 0 aliphatic carbocycles. The molecule has 12 heavy (non-hydrogen) atoms. The van der Waals surface area contributed by atoms with Crippen molar-refractivity contribution in [3.05, 3.63) is 35.4 Å². The minimum atomic E-state index is -0.199. The molecule has 0 aromatic heterocycles. The Labute approximate surface area is 70.8 Å². The number of hydrogen-bond acceptors (Lipinski definition) is 3. The zero-order valence-electron chi connectivity index (χ0n) is 6.58. The van der Waals surface area contributed by atoms with Crippen molar-refractivity contribution in [3.63, 3.8) is 0 Å². The van der Waals surface area contributed by atoms with Crippen molar-refractivity contribution < 1.29 is 4.79 Å². The maximum absolute atomic E-state index is 10.6. The number of hydrazine groups is 1. The average Bonchev–Trinajstić information content (AvgIpc) is 2.17. The third kappa shape index (κ3) is 1.13. The zero-order chi connectivity index (χ0) is 8.39. The monoisotopic (exact) mass is 162 g/mol. The van der Waals surface area contributed by atoms with Crippen molar-refractivity contribution in [1.29, 1.82) is 0 Å². The molecule has 1 heterocycles. The smallest absolute Gasteiger partial charge is 0.142 e. The second-order valence-corrected chi connectivity index (χ2v) is 2.81. The van der Waals surface area contributed by atoms with Gasteiger partial charge in [-0.15, -0.1) is 0 Å². The van der Waals surface area contributed by atoms with Crippen LogP contribution >= 0.6 is 0 Å². The molecule has 62 valence electrons. The van der Waals surface area contributed by atoms with E-state index < -0.39 is 0 Å². The molecule has 3 heteroatoms. The third-order valence-electron chi connectivity index (χ3n) is 2.06. The molecule has 1 aromatic carbocycles. The summed E-state index contributed by atoms with van der Waals surface area (Å²) >= 11 is 0. The lowest BCUT2D eigenvalue weighted by molar-refractivity contribution is -0.110. The Morgan fingerprint density at radius 2 is 2.25 bits per heavy atom. The molecular weight excluding hydrogens is 152 g/mol. The largest absolute Gasteiger partial charge is 0.301 e. The van der Waals surface area contributed by atoms with Gasteiger partial charge in [-0.1, -0.05) is 24.3 Å². The molecule has 1 unspecified atom stereocenters. The molecule has 3 nitrogen and oxygen atoms in total. The van der Waals surface area contributed by atoms with Crippen LogP contribution in [0.5, 0.6) is 0 Å². The molecule has 0 saturated carbocycles. The van der Waals surface area contributed by atoms with E-state index in [1.807, 2.05) is 24.3 Å². The van der Waals surface area contributed by atoms with Gasteiger partial charge >= 0.3 is 0 Å². The maximum Gasteiger partial charge on any atom is 0.142 e. The number of carbonyl (C=O) groups is 1. The van der Waals surface area contributed by atoms with Gasteiger partial charge in [0, 0.05) is 6.54 Å². The van der Waals surface area contributed by atoms with Gasteiger partial charge in [0.15, 0.2) is 0 Å². The Morgan fingerprint density at radius 1 is 1.42 bits per heavy atom. The van der Waals surface area contributed by atoms with Crippen molar-refractivity contribution in [2.45, 2.75) is 12.6 Å². The van der Waals surface area contributed by atoms with Crippen molar-refractivity contribution in [2.75, 3.05) is 0 Å². The fourth-order valence-corrected chi connectivity index (χ4v) is 1.44. The van der Waals surface area contributed by atoms with Crippen LogP contribution in [0.1, 0.15) is 17.2 Å². The number of fused-ring (bicyclic) bond motifs is 1. The summed E-state index contributed by atoms with van der Waals surface area (Å²) in [6.07, 6.45) is 0.908. The van der Waals surface area contributed by atoms with Crippen LogP contribution in [0.2, 0.25) is 0 Å². The molecule has 0 fully saturated rings. The molecule has 0 amide bonds. The Hall–Kier alpha value is -1.19. The van der Waals surface area contributed by atoms with E-state index in [1.54, 1.807) is 0 Å². The number of hydrogen-bond donors (Lipinski definition) is 2. The molecule has 0 radical (unpaired) electrons. The Balaban J connectivity index is 2.43. The first kappa shape index (κ1) is 7.46. The summed E-state index contributed by atoms with van der Waals surface area (Å²) in [6, 6.07) is 7.73. The molecule has 2 rings (SSSR count). The van der Waals surface area contributed by atoms with Gasteiger partial charge in [0.05, 0.1) is 0 Å². The predicted octanol–water partition coefficient (Wildman–Crippen LogP) is 0.534. The summed E-state index contributed by atoms with van der Waals surface area (Å²) in [5.41, 5.74) is 8.13. The van der Waals surface area contributed by atoms with Crippen molar-refractivity contribution in [1.82, 2.24) is 10.9 Å². The molecule has 1 aliphatic heterocycles. The van der Waals surface area contributed by atoms with Crippen molar-refractivity contribution in [2.24, 2.45) is 0 Å². The highest BCUT2D eigenvalue weighted by atomic mass is 16.1. The number of rotatable bonds is 1. The fourth-order valence-electron chi connectivity index (χ4n) is 1.44. The van der Waals surface area contributed by atoms with Crippen LogP contribution < -0.4 is 10.9 Å². The third-order valence-corrected chi connectivity index (χ3v) is 2.06. The van der Waals surface area contributed by atoms with Crippen molar-refractivity contribution >= 4 is 6.29 Å². The van der Waals surface area contributed by atoms with Crippen LogP contribution in [0.25, 0.3) is 0 Å². The van der Waals surface area contributed by atoms with Gasteiger partial charge in [0.2, 0.25) is 0 Å². The van der Waals surface area contributed by atoms with Crippen LogP contribution in [-0.4, -0.2) is 6.29 Å². The summed E-state index contributed by atoms with van der Waals surface area (Å²) in [5, 5.41) is 0. The fraction of sp³-hybridized carbons (Fsp3) is 0.222. The van der Waals surface area contributed by atoms with Gasteiger partial charge in [0.25, 0.3) is 0 Å². The van der Waals surface area contributed by atoms with Gasteiger partial charge in [0.1, 0.15) is 12.3 Å². The first-order chi connectivity index (χ1) is 5.92. The van der Waals surface area contributed by atoms with Gasteiger partial charge in [-0.3, -0.25) is 5.43 Å². The summed E-state index contributed by atoms with van der Waals surface area (Å²) < 4.78 is 0. The molecular formula is C9H10N2O. The van der Waals surface area contributed by atoms with E-state index in [2.05, 4.69) is 10.9 Å². The minimum absolute atomic E-state index is 0.199. The topological polar surface area (TPSA) is 41.1 Å². The second kappa shape index (κ2) is 3.05.